The van der Waals surface area contributed by atoms with E-state index in [0.717, 1.165) is 11.3 Å². The van der Waals surface area contributed by atoms with Crippen LogP contribution in [0, 0.1) is 0 Å². The minimum atomic E-state index is 0.0291. The average Bonchev–Trinajstić information content (AvgIpc) is 2.69. The van der Waals surface area contributed by atoms with Crippen molar-refractivity contribution in [3.05, 3.63) is 77.9 Å². The molecular formula is C22H21NOS2. The minimum absolute atomic E-state index is 0.0291. The molecule has 1 heterocycles. The van der Waals surface area contributed by atoms with Crippen LogP contribution < -0.4 is 5.32 Å². The number of rotatable bonds is 4. The lowest BCUT2D eigenvalue weighted by Crippen LogP contribution is -2.14. The molecule has 0 aliphatic carbocycles. The second-order valence-electron chi connectivity index (χ2n) is 6.46. The van der Waals surface area contributed by atoms with Gasteiger partial charge in [0.15, 0.2) is 0 Å². The third-order valence-corrected chi connectivity index (χ3v) is 7.46. The highest BCUT2D eigenvalue weighted by Gasteiger charge is 2.17. The summed E-state index contributed by atoms with van der Waals surface area (Å²) >= 11 is 4.00. The number of anilines is 1. The summed E-state index contributed by atoms with van der Waals surface area (Å²) in [5.74, 6) is 2.47. The molecule has 1 saturated heterocycles. The molecule has 0 saturated carbocycles. The molecule has 0 atom stereocenters. The first-order valence-corrected chi connectivity index (χ1v) is 11.0. The molecule has 3 aromatic rings. The molecule has 4 heteroatoms. The van der Waals surface area contributed by atoms with Gasteiger partial charge in [-0.25, -0.2) is 0 Å². The lowest BCUT2D eigenvalue weighted by molar-refractivity contribution is -0.115. The molecule has 1 fully saturated rings. The van der Waals surface area contributed by atoms with Crippen LogP contribution in [0.15, 0.2) is 66.7 Å². The van der Waals surface area contributed by atoms with E-state index < -0.39 is 0 Å². The predicted octanol–water partition coefficient (Wildman–Crippen LogP) is 5.89. The number of hydrogen-bond donors (Lipinski definition) is 1. The fourth-order valence-electron chi connectivity index (χ4n) is 3.18. The molecule has 0 radical (unpaired) electrons. The van der Waals surface area contributed by atoms with Crippen LogP contribution in [0.4, 0.5) is 5.69 Å². The Balaban J connectivity index is 1.43. The number of carbonyl (C=O) groups excluding carboxylic acids is 1. The maximum Gasteiger partial charge on any atom is 0.228 e. The monoisotopic (exact) mass is 379 g/mol. The number of thioether (sulfide) groups is 2. The highest BCUT2D eigenvalue weighted by molar-refractivity contribution is 8.16. The summed E-state index contributed by atoms with van der Waals surface area (Å²) in [7, 11) is 0. The molecular weight excluding hydrogens is 358 g/mol. The van der Waals surface area contributed by atoms with Crippen molar-refractivity contribution in [1.82, 2.24) is 0 Å². The van der Waals surface area contributed by atoms with Crippen molar-refractivity contribution in [2.24, 2.45) is 0 Å². The van der Waals surface area contributed by atoms with E-state index >= 15 is 0 Å². The smallest absolute Gasteiger partial charge is 0.228 e. The van der Waals surface area contributed by atoms with Crippen LogP contribution in [0.1, 0.15) is 22.1 Å². The van der Waals surface area contributed by atoms with Gasteiger partial charge in [0, 0.05) is 5.69 Å². The Morgan fingerprint density at radius 3 is 2.58 bits per heavy atom. The zero-order valence-corrected chi connectivity index (χ0v) is 16.1. The molecule has 26 heavy (non-hydrogen) atoms. The van der Waals surface area contributed by atoms with E-state index in [1.807, 2.05) is 53.9 Å². The first-order chi connectivity index (χ1) is 12.8. The Hall–Kier alpha value is -1.91. The fourth-order valence-corrected chi connectivity index (χ4v) is 6.06. The SMILES string of the molecule is O=C(Cc1ccc2ccccc2c1)Nc1cccc(C2SCCCS2)c1. The van der Waals surface area contributed by atoms with Crippen LogP contribution in [0.3, 0.4) is 0 Å². The van der Waals surface area contributed by atoms with Gasteiger partial charge < -0.3 is 5.32 Å². The van der Waals surface area contributed by atoms with E-state index in [9.17, 15) is 4.79 Å². The first-order valence-electron chi connectivity index (χ1n) is 8.89. The van der Waals surface area contributed by atoms with Crippen molar-refractivity contribution >= 4 is 45.9 Å². The highest BCUT2D eigenvalue weighted by atomic mass is 32.2. The summed E-state index contributed by atoms with van der Waals surface area (Å²) in [5.41, 5.74) is 3.22. The molecule has 0 spiro atoms. The fraction of sp³-hybridized carbons (Fsp3) is 0.227. The van der Waals surface area contributed by atoms with Crippen LogP contribution in [0.25, 0.3) is 10.8 Å². The number of benzene rings is 3. The molecule has 4 rings (SSSR count). The van der Waals surface area contributed by atoms with Gasteiger partial charge in [-0.05, 0) is 52.0 Å². The standard InChI is InChI=1S/C22H21NOS2/c24-21(14-16-9-10-17-5-1-2-6-18(17)13-16)23-20-8-3-7-19(15-20)22-25-11-4-12-26-22/h1-3,5-10,13,15,22H,4,11-12,14H2,(H,23,24). The largest absolute Gasteiger partial charge is 0.326 e. The van der Waals surface area contributed by atoms with Gasteiger partial charge in [-0.3, -0.25) is 4.79 Å². The molecule has 0 bridgehead atoms. The molecule has 1 aliphatic heterocycles. The van der Waals surface area contributed by atoms with Crippen LogP contribution >= 0.6 is 23.5 Å². The van der Waals surface area contributed by atoms with Crippen molar-refractivity contribution in [3.8, 4) is 0 Å². The maximum absolute atomic E-state index is 12.5. The van der Waals surface area contributed by atoms with Crippen LogP contribution in [-0.4, -0.2) is 17.4 Å². The summed E-state index contributed by atoms with van der Waals surface area (Å²) < 4.78 is 0.487. The lowest BCUT2D eigenvalue weighted by Gasteiger charge is -2.21. The van der Waals surface area contributed by atoms with Gasteiger partial charge in [0.2, 0.25) is 5.91 Å². The Labute approximate surface area is 162 Å². The van der Waals surface area contributed by atoms with Gasteiger partial charge in [-0.15, -0.1) is 23.5 Å². The zero-order chi connectivity index (χ0) is 17.8. The first kappa shape index (κ1) is 17.5. The molecule has 1 N–H and O–H groups in total. The summed E-state index contributed by atoms with van der Waals surface area (Å²) in [6.07, 6.45) is 1.68. The van der Waals surface area contributed by atoms with Crippen LogP contribution in [0.2, 0.25) is 0 Å². The molecule has 3 aromatic carbocycles. The average molecular weight is 380 g/mol. The number of amides is 1. The van der Waals surface area contributed by atoms with Gasteiger partial charge >= 0.3 is 0 Å². The van der Waals surface area contributed by atoms with E-state index in [0.29, 0.717) is 11.0 Å². The lowest BCUT2D eigenvalue weighted by atomic mass is 10.0. The normalized spacial score (nSPS) is 15.1. The topological polar surface area (TPSA) is 29.1 Å². The second kappa shape index (κ2) is 8.19. The van der Waals surface area contributed by atoms with Crippen LogP contribution in [0.5, 0.6) is 0 Å². The number of nitrogens with one attached hydrogen (secondary N) is 1. The van der Waals surface area contributed by atoms with Crippen LogP contribution in [-0.2, 0) is 11.2 Å². The third kappa shape index (κ3) is 4.25. The van der Waals surface area contributed by atoms with Crippen molar-refractivity contribution in [3.63, 3.8) is 0 Å². The van der Waals surface area contributed by atoms with Gasteiger partial charge in [0.25, 0.3) is 0 Å². The molecule has 0 aromatic heterocycles. The number of fused-ring (bicyclic) bond motifs is 1. The van der Waals surface area contributed by atoms with Crippen molar-refractivity contribution < 1.29 is 4.79 Å². The molecule has 2 nitrogen and oxygen atoms in total. The van der Waals surface area contributed by atoms with E-state index in [1.165, 1.54) is 34.3 Å². The Bertz CT molecular complexity index is 919. The van der Waals surface area contributed by atoms with E-state index in [-0.39, 0.29) is 5.91 Å². The summed E-state index contributed by atoms with van der Waals surface area (Å²) in [5, 5.41) is 5.43. The summed E-state index contributed by atoms with van der Waals surface area (Å²) in [4.78, 5) is 12.5. The maximum atomic E-state index is 12.5. The van der Waals surface area contributed by atoms with E-state index in [4.69, 9.17) is 0 Å². The second-order valence-corrected chi connectivity index (χ2v) is 9.18. The van der Waals surface area contributed by atoms with Gasteiger partial charge in [-0.2, -0.15) is 0 Å². The predicted molar refractivity (Wildman–Crippen MR) is 115 cm³/mol. The van der Waals surface area contributed by atoms with Crippen molar-refractivity contribution in [2.45, 2.75) is 17.4 Å². The molecule has 132 valence electrons. The molecule has 1 aliphatic rings. The summed E-state index contributed by atoms with van der Waals surface area (Å²) in [6, 6.07) is 22.7. The number of hydrogen-bond acceptors (Lipinski definition) is 3. The quantitative estimate of drug-likeness (QED) is 0.613. The zero-order valence-electron chi connectivity index (χ0n) is 14.5. The summed E-state index contributed by atoms with van der Waals surface area (Å²) in [6.45, 7) is 0. The van der Waals surface area contributed by atoms with Gasteiger partial charge in [0.1, 0.15) is 0 Å². The van der Waals surface area contributed by atoms with Crippen molar-refractivity contribution in [1.29, 1.82) is 0 Å². The van der Waals surface area contributed by atoms with Gasteiger partial charge in [0.05, 0.1) is 11.0 Å². The van der Waals surface area contributed by atoms with E-state index in [2.05, 4.69) is 41.7 Å². The Kier molecular flexibility index (Phi) is 5.51. The highest BCUT2D eigenvalue weighted by Crippen LogP contribution is 2.44. The van der Waals surface area contributed by atoms with Crippen molar-refractivity contribution in [2.75, 3.05) is 16.8 Å². The number of carbonyl (C=O) groups is 1. The van der Waals surface area contributed by atoms with E-state index in [1.54, 1.807) is 0 Å². The Morgan fingerprint density at radius 2 is 1.73 bits per heavy atom. The molecule has 0 unspecified atom stereocenters. The third-order valence-electron chi connectivity index (χ3n) is 4.45. The minimum Gasteiger partial charge on any atom is -0.326 e. The molecule has 1 amide bonds. The van der Waals surface area contributed by atoms with Gasteiger partial charge in [-0.1, -0.05) is 54.6 Å². The Morgan fingerprint density at radius 1 is 0.923 bits per heavy atom.